The smallest absolute Gasteiger partial charge is 0.230 e. The Kier molecular flexibility index (Phi) is 6.43. The fourth-order valence-corrected chi connectivity index (χ4v) is 1.59. The van der Waals surface area contributed by atoms with E-state index in [2.05, 4.69) is 5.32 Å². The Bertz CT molecular complexity index is 258. The van der Waals surface area contributed by atoms with Crippen molar-refractivity contribution < 1.29 is 9.59 Å². The van der Waals surface area contributed by atoms with Crippen LogP contribution in [0.1, 0.15) is 20.8 Å². The predicted molar refractivity (Wildman–Crippen MR) is 67.0 cm³/mol. The van der Waals surface area contributed by atoms with Gasteiger partial charge in [-0.3, -0.25) is 9.59 Å². The number of thioether (sulfide) groups is 1. The molecule has 16 heavy (non-hydrogen) atoms. The third kappa shape index (κ3) is 5.37. The van der Waals surface area contributed by atoms with Crippen molar-refractivity contribution in [2.24, 2.45) is 17.4 Å². The molecule has 0 rings (SSSR count). The van der Waals surface area contributed by atoms with Crippen LogP contribution in [0.25, 0.3) is 0 Å². The summed E-state index contributed by atoms with van der Waals surface area (Å²) in [6.07, 6.45) is 0. The van der Waals surface area contributed by atoms with Gasteiger partial charge in [-0.1, -0.05) is 13.8 Å². The van der Waals surface area contributed by atoms with Crippen LogP contribution in [0.15, 0.2) is 0 Å². The Morgan fingerprint density at radius 3 is 2.31 bits per heavy atom. The molecule has 0 heterocycles. The van der Waals surface area contributed by atoms with Crippen LogP contribution in [0.4, 0.5) is 0 Å². The number of carbonyl (C=O) groups excluding carboxylic acids is 2. The Morgan fingerprint density at radius 2 is 1.94 bits per heavy atom. The van der Waals surface area contributed by atoms with Gasteiger partial charge in [-0.2, -0.15) is 0 Å². The molecule has 0 aliphatic rings. The monoisotopic (exact) mass is 247 g/mol. The van der Waals surface area contributed by atoms with Crippen LogP contribution in [-0.4, -0.2) is 35.4 Å². The highest BCUT2D eigenvalue weighted by Gasteiger charge is 2.28. The fraction of sp³-hybridized carbons (Fsp3) is 0.800. The highest BCUT2D eigenvalue weighted by atomic mass is 32.2. The van der Waals surface area contributed by atoms with Crippen LogP contribution in [0.2, 0.25) is 0 Å². The minimum Gasteiger partial charge on any atom is -0.369 e. The molecule has 1 atom stereocenters. The number of hydrogen-bond donors (Lipinski definition) is 3. The zero-order chi connectivity index (χ0) is 12.8. The average Bonchev–Trinajstić information content (AvgIpc) is 2.16. The van der Waals surface area contributed by atoms with E-state index in [4.69, 9.17) is 11.5 Å². The third-order valence-corrected chi connectivity index (χ3v) is 3.56. The normalized spacial score (nSPS) is 14.6. The summed E-state index contributed by atoms with van der Waals surface area (Å²) < 4.78 is 0. The van der Waals surface area contributed by atoms with E-state index in [1.54, 1.807) is 0 Å². The molecule has 0 fully saturated rings. The molecular weight excluding hydrogens is 226 g/mol. The number of nitrogens with two attached hydrogens (primary N) is 2. The second-order valence-electron chi connectivity index (χ2n) is 4.28. The van der Waals surface area contributed by atoms with Crippen molar-refractivity contribution in [2.75, 3.05) is 18.1 Å². The number of hydrogen-bond acceptors (Lipinski definition) is 4. The van der Waals surface area contributed by atoms with Crippen LogP contribution in [0.5, 0.6) is 0 Å². The van der Waals surface area contributed by atoms with E-state index < -0.39 is 11.4 Å². The lowest BCUT2D eigenvalue weighted by molar-refractivity contribution is -0.120. The summed E-state index contributed by atoms with van der Waals surface area (Å²) in [5.41, 5.74) is 10.2. The summed E-state index contributed by atoms with van der Waals surface area (Å²) in [6.45, 7) is 6.30. The third-order valence-electron chi connectivity index (χ3n) is 2.60. The Balaban J connectivity index is 4.07. The molecule has 0 aromatic carbocycles. The maximum Gasteiger partial charge on any atom is 0.230 e. The molecule has 0 saturated carbocycles. The molecule has 0 spiro atoms. The van der Waals surface area contributed by atoms with E-state index >= 15 is 0 Å². The van der Waals surface area contributed by atoms with Crippen molar-refractivity contribution in [3.8, 4) is 0 Å². The largest absolute Gasteiger partial charge is 0.369 e. The summed E-state index contributed by atoms with van der Waals surface area (Å²) in [5.74, 6) is 0.110. The molecule has 0 aliphatic heterocycles. The summed E-state index contributed by atoms with van der Waals surface area (Å²) in [6, 6.07) is 0. The van der Waals surface area contributed by atoms with Crippen LogP contribution >= 0.6 is 11.8 Å². The molecule has 2 amide bonds. The second-order valence-corrected chi connectivity index (χ2v) is 5.27. The van der Waals surface area contributed by atoms with E-state index in [1.165, 1.54) is 11.8 Å². The van der Waals surface area contributed by atoms with Gasteiger partial charge < -0.3 is 16.8 Å². The number of amides is 2. The minimum absolute atomic E-state index is 0.118. The molecule has 0 bridgehead atoms. The minimum atomic E-state index is -0.414. The van der Waals surface area contributed by atoms with Gasteiger partial charge >= 0.3 is 0 Å². The standard InChI is InChI=1S/C10H21N3O2S/c1-7(2)10(3,6-11)13-9(15)5-16-4-8(12)14/h7H,4-6,11H2,1-3H3,(H2,12,14)(H,13,15). The van der Waals surface area contributed by atoms with Gasteiger partial charge in [0.2, 0.25) is 11.8 Å². The summed E-state index contributed by atoms with van der Waals surface area (Å²) in [4.78, 5) is 22.0. The molecule has 0 saturated heterocycles. The molecule has 1 unspecified atom stereocenters. The van der Waals surface area contributed by atoms with E-state index in [-0.39, 0.29) is 23.3 Å². The lowest BCUT2D eigenvalue weighted by Crippen LogP contribution is -2.55. The Morgan fingerprint density at radius 1 is 1.38 bits per heavy atom. The molecule has 5 N–H and O–H groups in total. The quantitative estimate of drug-likeness (QED) is 0.575. The topological polar surface area (TPSA) is 98.2 Å². The number of nitrogens with one attached hydrogen (secondary N) is 1. The SMILES string of the molecule is CC(C)C(C)(CN)NC(=O)CSCC(N)=O. The van der Waals surface area contributed by atoms with Crippen LogP contribution in [0, 0.1) is 5.92 Å². The molecule has 6 heteroatoms. The van der Waals surface area contributed by atoms with E-state index in [0.717, 1.165) is 0 Å². The van der Waals surface area contributed by atoms with Crippen LogP contribution in [-0.2, 0) is 9.59 Å². The number of primary amides is 1. The lowest BCUT2D eigenvalue weighted by atomic mass is 9.88. The number of carbonyl (C=O) groups is 2. The first kappa shape index (κ1) is 15.2. The van der Waals surface area contributed by atoms with Gasteiger partial charge in [0.25, 0.3) is 0 Å². The van der Waals surface area contributed by atoms with E-state index in [0.29, 0.717) is 6.54 Å². The Hall–Kier alpha value is -0.750. The predicted octanol–water partition coefficient (Wildman–Crippen LogP) is -0.305. The first-order valence-corrected chi connectivity index (χ1v) is 6.34. The van der Waals surface area contributed by atoms with Gasteiger partial charge in [0.1, 0.15) is 0 Å². The van der Waals surface area contributed by atoms with Crippen molar-refractivity contribution in [1.29, 1.82) is 0 Å². The molecule has 0 aromatic heterocycles. The maximum atomic E-state index is 11.6. The van der Waals surface area contributed by atoms with Crippen molar-refractivity contribution in [2.45, 2.75) is 26.3 Å². The second kappa shape index (κ2) is 6.75. The zero-order valence-corrected chi connectivity index (χ0v) is 10.9. The highest BCUT2D eigenvalue weighted by molar-refractivity contribution is 8.00. The van der Waals surface area contributed by atoms with E-state index in [9.17, 15) is 9.59 Å². The van der Waals surface area contributed by atoms with Crippen molar-refractivity contribution in [3.63, 3.8) is 0 Å². The molecule has 0 aromatic rings. The van der Waals surface area contributed by atoms with Crippen molar-refractivity contribution in [1.82, 2.24) is 5.32 Å². The van der Waals surface area contributed by atoms with Gasteiger partial charge in [-0.15, -0.1) is 11.8 Å². The van der Waals surface area contributed by atoms with Crippen molar-refractivity contribution >= 4 is 23.6 Å². The molecular formula is C10H21N3O2S. The first-order chi connectivity index (χ1) is 7.31. The highest BCUT2D eigenvalue weighted by Crippen LogP contribution is 2.15. The summed E-state index contributed by atoms with van der Waals surface area (Å²) >= 11 is 1.20. The molecule has 0 radical (unpaired) electrons. The molecule has 0 aliphatic carbocycles. The van der Waals surface area contributed by atoms with Gasteiger partial charge in [0.15, 0.2) is 0 Å². The molecule has 94 valence electrons. The van der Waals surface area contributed by atoms with E-state index in [1.807, 2.05) is 20.8 Å². The van der Waals surface area contributed by atoms with Crippen LogP contribution < -0.4 is 16.8 Å². The lowest BCUT2D eigenvalue weighted by Gasteiger charge is -2.33. The van der Waals surface area contributed by atoms with Gasteiger partial charge in [-0.05, 0) is 12.8 Å². The fourth-order valence-electron chi connectivity index (χ4n) is 1.03. The average molecular weight is 247 g/mol. The van der Waals surface area contributed by atoms with Crippen molar-refractivity contribution in [3.05, 3.63) is 0 Å². The first-order valence-electron chi connectivity index (χ1n) is 5.19. The van der Waals surface area contributed by atoms with Gasteiger partial charge in [0.05, 0.1) is 17.0 Å². The zero-order valence-electron chi connectivity index (χ0n) is 10.1. The summed E-state index contributed by atoms with van der Waals surface area (Å²) in [7, 11) is 0. The van der Waals surface area contributed by atoms with Gasteiger partial charge in [0, 0.05) is 6.54 Å². The van der Waals surface area contributed by atoms with Crippen LogP contribution in [0.3, 0.4) is 0 Å². The summed E-state index contributed by atoms with van der Waals surface area (Å²) in [5, 5.41) is 2.88. The Labute approximate surface area is 101 Å². The van der Waals surface area contributed by atoms with Gasteiger partial charge in [-0.25, -0.2) is 0 Å². The number of rotatable bonds is 7. The molecule has 5 nitrogen and oxygen atoms in total. The maximum absolute atomic E-state index is 11.6.